The number of nitrogens with zero attached hydrogens (tertiary/aromatic N) is 4. The molecule has 0 atom stereocenters. The Labute approximate surface area is 183 Å². The number of hydrogen-bond acceptors (Lipinski definition) is 5. The van der Waals surface area contributed by atoms with Gasteiger partial charge in [-0.1, -0.05) is 29.8 Å². The van der Waals surface area contributed by atoms with Crippen molar-refractivity contribution in [3.63, 3.8) is 0 Å². The molecule has 2 aromatic heterocycles. The molecular weight excluding hydrogens is 422 g/mol. The van der Waals surface area contributed by atoms with Gasteiger partial charge in [-0.15, -0.1) is 11.3 Å². The molecule has 1 aliphatic heterocycles. The molecule has 30 heavy (non-hydrogen) atoms. The molecule has 7 nitrogen and oxygen atoms in total. The Balaban J connectivity index is 1.31. The lowest BCUT2D eigenvalue weighted by molar-refractivity contribution is -0.121. The molecule has 0 saturated carbocycles. The van der Waals surface area contributed by atoms with E-state index in [0.717, 1.165) is 11.3 Å². The standard InChI is InChI=1S/C21H22ClN5O2S/c1-14-13-30-21(24-14)25-19(28)15-6-8-26(9-7-15)20(29)17-10-23-27(12-17)11-16-4-2-3-5-18(16)22/h2-5,10,12-13,15H,6-9,11H2,1H3,(H,24,25,28). The first-order valence-corrected chi connectivity index (χ1v) is 11.0. The van der Waals surface area contributed by atoms with Crippen LogP contribution in [-0.2, 0) is 11.3 Å². The zero-order valence-electron chi connectivity index (χ0n) is 16.5. The average molecular weight is 444 g/mol. The van der Waals surface area contributed by atoms with Crippen LogP contribution in [0.15, 0.2) is 42.0 Å². The van der Waals surface area contributed by atoms with Crippen molar-refractivity contribution in [3.05, 3.63) is 63.9 Å². The average Bonchev–Trinajstić information content (AvgIpc) is 3.38. The van der Waals surface area contributed by atoms with Gasteiger partial charge in [0.05, 0.1) is 24.0 Å². The van der Waals surface area contributed by atoms with Crippen LogP contribution in [0.4, 0.5) is 5.13 Å². The number of carbonyl (C=O) groups excluding carboxylic acids is 2. The second kappa shape index (κ2) is 8.97. The number of nitrogens with one attached hydrogen (secondary N) is 1. The molecule has 1 fully saturated rings. The number of likely N-dealkylation sites (tertiary alicyclic amines) is 1. The molecule has 1 N–H and O–H groups in total. The maximum Gasteiger partial charge on any atom is 0.257 e. The van der Waals surface area contributed by atoms with Crippen molar-refractivity contribution < 1.29 is 9.59 Å². The summed E-state index contributed by atoms with van der Waals surface area (Å²) >= 11 is 7.63. The van der Waals surface area contributed by atoms with E-state index in [9.17, 15) is 9.59 Å². The Bertz CT molecular complexity index is 1060. The normalized spacial score (nSPS) is 14.7. The number of rotatable bonds is 5. The van der Waals surface area contributed by atoms with Crippen LogP contribution in [0.5, 0.6) is 0 Å². The topological polar surface area (TPSA) is 80.1 Å². The maximum atomic E-state index is 12.8. The monoisotopic (exact) mass is 443 g/mol. The lowest BCUT2D eigenvalue weighted by Gasteiger charge is -2.30. The van der Waals surface area contributed by atoms with E-state index in [1.165, 1.54) is 11.3 Å². The van der Waals surface area contributed by atoms with Gasteiger partial charge in [0.1, 0.15) is 0 Å². The number of amides is 2. The number of benzene rings is 1. The van der Waals surface area contributed by atoms with E-state index in [1.807, 2.05) is 36.6 Å². The van der Waals surface area contributed by atoms with E-state index in [0.29, 0.717) is 48.2 Å². The lowest BCUT2D eigenvalue weighted by atomic mass is 9.95. The van der Waals surface area contributed by atoms with Gasteiger partial charge in [0.2, 0.25) is 5.91 Å². The van der Waals surface area contributed by atoms with E-state index in [4.69, 9.17) is 11.6 Å². The predicted molar refractivity (Wildman–Crippen MR) is 117 cm³/mol. The highest BCUT2D eigenvalue weighted by atomic mass is 35.5. The van der Waals surface area contributed by atoms with Crippen LogP contribution in [-0.4, -0.2) is 44.6 Å². The van der Waals surface area contributed by atoms with Crippen molar-refractivity contribution in [2.45, 2.75) is 26.3 Å². The van der Waals surface area contributed by atoms with Gasteiger partial charge in [-0.2, -0.15) is 5.10 Å². The van der Waals surface area contributed by atoms with Crippen LogP contribution in [0.25, 0.3) is 0 Å². The minimum Gasteiger partial charge on any atom is -0.339 e. The number of halogens is 1. The van der Waals surface area contributed by atoms with E-state index in [2.05, 4.69) is 15.4 Å². The minimum atomic E-state index is -0.110. The second-order valence-electron chi connectivity index (χ2n) is 7.37. The first-order chi connectivity index (χ1) is 14.5. The molecule has 4 rings (SSSR count). The molecule has 0 aliphatic carbocycles. The highest BCUT2D eigenvalue weighted by Crippen LogP contribution is 2.23. The van der Waals surface area contributed by atoms with Crippen molar-refractivity contribution in [2.24, 2.45) is 5.92 Å². The van der Waals surface area contributed by atoms with E-state index in [1.54, 1.807) is 22.0 Å². The summed E-state index contributed by atoms with van der Waals surface area (Å²) in [4.78, 5) is 31.4. The number of anilines is 1. The number of carbonyl (C=O) groups is 2. The first-order valence-electron chi connectivity index (χ1n) is 9.78. The molecule has 0 unspecified atom stereocenters. The summed E-state index contributed by atoms with van der Waals surface area (Å²) in [7, 11) is 0. The third kappa shape index (κ3) is 4.71. The van der Waals surface area contributed by atoms with E-state index >= 15 is 0 Å². The fraction of sp³-hybridized carbons (Fsp3) is 0.333. The largest absolute Gasteiger partial charge is 0.339 e. The maximum absolute atomic E-state index is 12.8. The molecule has 1 aliphatic rings. The van der Waals surface area contributed by atoms with Crippen molar-refractivity contribution in [1.82, 2.24) is 19.7 Å². The van der Waals surface area contributed by atoms with Gasteiger partial charge < -0.3 is 10.2 Å². The van der Waals surface area contributed by atoms with Gasteiger partial charge in [0.15, 0.2) is 5.13 Å². The third-order valence-corrected chi connectivity index (χ3v) is 6.42. The van der Waals surface area contributed by atoms with Gasteiger partial charge in [-0.05, 0) is 31.4 Å². The third-order valence-electron chi connectivity index (χ3n) is 5.17. The molecule has 0 spiro atoms. The van der Waals surface area contributed by atoms with Crippen LogP contribution >= 0.6 is 22.9 Å². The van der Waals surface area contributed by atoms with Gasteiger partial charge in [-0.3, -0.25) is 14.3 Å². The first kappa shape index (κ1) is 20.6. The van der Waals surface area contributed by atoms with Crippen LogP contribution in [0.2, 0.25) is 5.02 Å². The number of hydrogen-bond donors (Lipinski definition) is 1. The summed E-state index contributed by atoms with van der Waals surface area (Å²) in [6, 6.07) is 7.58. The Morgan fingerprint density at radius 3 is 2.73 bits per heavy atom. The van der Waals surface area contributed by atoms with Crippen LogP contribution in [0.3, 0.4) is 0 Å². The highest BCUT2D eigenvalue weighted by molar-refractivity contribution is 7.13. The summed E-state index contributed by atoms with van der Waals surface area (Å²) in [6.07, 6.45) is 4.60. The molecule has 1 aromatic carbocycles. The summed E-state index contributed by atoms with van der Waals surface area (Å²) in [6.45, 7) is 3.49. The van der Waals surface area contributed by atoms with Gasteiger partial charge in [0.25, 0.3) is 5.91 Å². The smallest absolute Gasteiger partial charge is 0.257 e. The van der Waals surface area contributed by atoms with Crippen LogP contribution < -0.4 is 5.32 Å². The summed E-state index contributed by atoms with van der Waals surface area (Å²) in [5, 5.41) is 10.4. The molecular formula is C21H22ClN5O2S. The Hall–Kier alpha value is -2.71. The molecule has 3 heterocycles. The molecule has 0 bridgehead atoms. The molecule has 3 aromatic rings. The summed E-state index contributed by atoms with van der Waals surface area (Å²) < 4.78 is 1.71. The van der Waals surface area contributed by atoms with Gasteiger partial charge in [-0.25, -0.2) is 4.98 Å². The number of aromatic nitrogens is 3. The fourth-order valence-electron chi connectivity index (χ4n) is 3.51. The fourth-order valence-corrected chi connectivity index (χ4v) is 4.39. The van der Waals surface area contributed by atoms with E-state index < -0.39 is 0 Å². The lowest BCUT2D eigenvalue weighted by Crippen LogP contribution is -2.41. The van der Waals surface area contributed by atoms with Gasteiger partial charge in [0, 0.05) is 35.6 Å². The summed E-state index contributed by atoms with van der Waals surface area (Å²) in [5.74, 6) is -0.194. The Kier molecular flexibility index (Phi) is 6.15. The van der Waals surface area contributed by atoms with Crippen molar-refractivity contribution in [2.75, 3.05) is 18.4 Å². The molecule has 9 heteroatoms. The molecule has 0 radical (unpaired) electrons. The molecule has 1 saturated heterocycles. The van der Waals surface area contributed by atoms with Crippen molar-refractivity contribution >= 4 is 39.9 Å². The number of thiazole rings is 1. The number of piperidine rings is 1. The second-order valence-corrected chi connectivity index (χ2v) is 8.63. The van der Waals surface area contributed by atoms with Crippen LogP contribution in [0, 0.1) is 12.8 Å². The number of aryl methyl sites for hydroxylation is 1. The van der Waals surface area contributed by atoms with Gasteiger partial charge >= 0.3 is 0 Å². The predicted octanol–water partition coefficient (Wildman–Crippen LogP) is 3.84. The quantitative estimate of drug-likeness (QED) is 0.649. The van der Waals surface area contributed by atoms with E-state index in [-0.39, 0.29) is 17.7 Å². The zero-order chi connectivity index (χ0) is 21.1. The SMILES string of the molecule is Cc1csc(NC(=O)C2CCN(C(=O)c3cnn(Cc4ccccc4Cl)c3)CC2)n1. The molecule has 156 valence electrons. The Morgan fingerprint density at radius 1 is 1.27 bits per heavy atom. The summed E-state index contributed by atoms with van der Waals surface area (Å²) in [5.41, 5.74) is 2.39. The van der Waals surface area contributed by atoms with Crippen molar-refractivity contribution in [3.8, 4) is 0 Å². The molecule has 2 amide bonds. The van der Waals surface area contributed by atoms with Crippen molar-refractivity contribution in [1.29, 1.82) is 0 Å². The zero-order valence-corrected chi connectivity index (χ0v) is 18.1. The Morgan fingerprint density at radius 2 is 2.03 bits per heavy atom. The minimum absolute atomic E-state index is 0.0241. The highest BCUT2D eigenvalue weighted by Gasteiger charge is 2.28. The van der Waals surface area contributed by atoms with Crippen LogP contribution in [0.1, 0.15) is 34.5 Å².